The van der Waals surface area contributed by atoms with Gasteiger partial charge in [0.15, 0.2) is 0 Å². The molecule has 1 aliphatic rings. The minimum atomic E-state index is -1.12. The summed E-state index contributed by atoms with van der Waals surface area (Å²) in [5, 5.41) is 29.5. The highest BCUT2D eigenvalue weighted by Crippen LogP contribution is 2.37. The summed E-state index contributed by atoms with van der Waals surface area (Å²) in [6, 6.07) is 15.0. The Morgan fingerprint density at radius 2 is 1.65 bits per heavy atom. The SMILES string of the molecule is N#Cc1cccc(C#N)c1N1CCC(O)(c2ccc(F)cc2)C1. The monoisotopic (exact) mass is 307 g/mol. The summed E-state index contributed by atoms with van der Waals surface area (Å²) in [5.41, 5.74) is 0.882. The van der Waals surface area contributed by atoms with E-state index in [0.717, 1.165) is 0 Å². The lowest BCUT2D eigenvalue weighted by Crippen LogP contribution is -2.31. The summed E-state index contributed by atoms with van der Waals surface area (Å²) in [6.45, 7) is 0.771. The van der Waals surface area contributed by atoms with Crippen molar-refractivity contribution in [3.05, 3.63) is 65.0 Å². The van der Waals surface area contributed by atoms with Gasteiger partial charge in [0, 0.05) is 6.54 Å². The van der Waals surface area contributed by atoms with Gasteiger partial charge in [0.25, 0.3) is 0 Å². The second kappa shape index (κ2) is 5.72. The zero-order chi connectivity index (χ0) is 16.4. The van der Waals surface area contributed by atoms with Gasteiger partial charge in [0.1, 0.15) is 23.6 Å². The van der Waals surface area contributed by atoms with Crippen molar-refractivity contribution in [2.24, 2.45) is 0 Å². The second-order valence-electron chi connectivity index (χ2n) is 5.64. The number of anilines is 1. The zero-order valence-electron chi connectivity index (χ0n) is 12.3. The quantitative estimate of drug-likeness (QED) is 0.926. The van der Waals surface area contributed by atoms with Gasteiger partial charge in [0.05, 0.1) is 23.4 Å². The molecular weight excluding hydrogens is 293 g/mol. The normalized spacial score (nSPS) is 20.1. The van der Waals surface area contributed by atoms with Crippen molar-refractivity contribution in [2.75, 3.05) is 18.0 Å². The number of rotatable bonds is 2. The molecule has 1 atom stereocenters. The molecule has 0 amide bonds. The maximum Gasteiger partial charge on any atom is 0.123 e. The third-order valence-electron chi connectivity index (χ3n) is 4.22. The molecular formula is C18H14FN3O. The van der Waals surface area contributed by atoms with Gasteiger partial charge in [-0.3, -0.25) is 0 Å². The van der Waals surface area contributed by atoms with Gasteiger partial charge < -0.3 is 10.0 Å². The number of β-amino-alcohol motifs (C(OH)–C–C–N with tert-alkyl or cyclic N) is 1. The lowest BCUT2D eigenvalue weighted by molar-refractivity contribution is 0.0606. The molecule has 0 bridgehead atoms. The second-order valence-corrected chi connectivity index (χ2v) is 5.64. The van der Waals surface area contributed by atoms with E-state index < -0.39 is 5.60 Å². The topological polar surface area (TPSA) is 71.0 Å². The Balaban J connectivity index is 1.96. The number of para-hydroxylation sites is 1. The molecule has 3 rings (SSSR count). The van der Waals surface area contributed by atoms with E-state index >= 15 is 0 Å². The van der Waals surface area contributed by atoms with Crippen LogP contribution in [0.2, 0.25) is 0 Å². The highest BCUT2D eigenvalue weighted by atomic mass is 19.1. The molecule has 0 aliphatic carbocycles. The molecule has 0 radical (unpaired) electrons. The third kappa shape index (κ3) is 2.63. The van der Waals surface area contributed by atoms with Crippen molar-refractivity contribution >= 4 is 5.69 Å². The third-order valence-corrected chi connectivity index (χ3v) is 4.22. The van der Waals surface area contributed by atoms with Crippen LogP contribution >= 0.6 is 0 Å². The summed E-state index contributed by atoms with van der Waals surface area (Å²) >= 11 is 0. The van der Waals surface area contributed by atoms with E-state index in [9.17, 15) is 20.0 Å². The fraction of sp³-hybridized carbons (Fsp3) is 0.222. The maximum atomic E-state index is 13.1. The molecule has 1 unspecified atom stereocenters. The van der Waals surface area contributed by atoms with Gasteiger partial charge in [-0.1, -0.05) is 18.2 Å². The van der Waals surface area contributed by atoms with Crippen LogP contribution in [0.3, 0.4) is 0 Å². The van der Waals surface area contributed by atoms with Crippen molar-refractivity contribution in [3.8, 4) is 12.1 Å². The number of hydrogen-bond acceptors (Lipinski definition) is 4. The average Bonchev–Trinajstić information content (AvgIpc) is 2.97. The van der Waals surface area contributed by atoms with Crippen LogP contribution in [0.1, 0.15) is 23.1 Å². The number of benzene rings is 2. The zero-order valence-corrected chi connectivity index (χ0v) is 12.3. The van der Waals surface area contributed by atoms with Crippen LogP contribution in [0.5, 0.6) is 0 Å². The molecule has 1 heterocycles. The Morgan fingerprint density at radius 1 is 1.04 bits per heavy atom. The first-order valence-corrected chi connectivity index (χ1v) is 7.24. The number of hydrogen-bond donors (Lipinski definition) is 1. The van der Waals surface area contributed by atoms with Crippen LogP contribution in [-0.2, 0) is 5.60 Å². The van der Waals surface area contributed by atoms with E-state index in [1.807, 2.05) is 4.90 Å². The van der Waals surface area contributed by atoms with Crippen LogP contribution in [0.15, 0.2) is 42.5 Å². The molecule has 0 aromatic heterocycles. The Morgan fingerprint density at radius 3 is 2.22 bits per heavy atom. The van der Waals surface area contributed by atoms with E-state index in [2.05, 4.69) is 12.1 Å². The predicted octanol–water partition coefficient (Wildman–Crippen LogP) is 2.67. The number of halogens is 1. The smallest absolute Gasteiger partial charge is 0.123 e. The Bertz CT molecular complexity index is 787. The van der Waals surface area contributed by atoms with Crippen LogP contribution in [0.4, 0.5) is 10.1 Å². The molecule has 1 N–H and O–H groups in total. The number of nitrogens with zero attached hydrogens (tertiary/aromatic N) is 3. The Kier molecular flexibility index (Phi) is 3.73. The predicted molar refractivity (Wildman–Crippen MR) is 83.0 cm³/mol. The number of aliphatic hydroxyl groups is 1. The Labute approximate surface area is 133 Å². The van der Waals surface area contributed by atoms with Crippen molar-refractivity contribution in [3.63, 3.8) is 0 Å². The van der Waals surface area contributed by atoms with E-state index in [-0.39, 0.29) is 12.4 Å². The molecule has 2 aromatic carbocycles. The molecule has 5 heteroatoms. The highest BCUT2D eigenvalue weighted by Gasteiger charge is 2.39. The average molecular weight is 307 g/mol. The van der Waals surface area contributed by atoms with Crippen LogP contribution < -0.4 is 4.90 Å². The van der Waals surface area contributed by atoms with Crippen molar-refractivity contribution in [2.45, 2.75) is 12.0 Å². The highest BCUT2D eigenvalue weighted by molar-refractivity contribution is 5.69. The Hall–Kier alpha value is -2.89. The lowest BCUT2D eigenvalue weighted by atomic mass is 9.93. The summed E-state index contributed by atoms with van der Waals surface area (Å²) in [5.74, 6) is -0.353. The molecule has 2 aromatic rings. The van der Waals surface area contributed by atoms with E-state index in [1.165, 1.54) is 12.1 Å². The fourth-order valence-electron chi connectivity index (χ4n) is 3.05. The van der Waals surface area contributed by atoms with Gasteiger partial charge in [-0.05, 0) is 36.2 Å². The molecule has 23 heavy (non-hydrogen) atoms. The van der Waals surface area contributed by atoms with Crippen molar-refractivity contribution < 1.29 is 9.50 Å². The first kappa shape index (κ1) is 15.0. The molecule has 1 fully saturated rings. The minimum Gasteiger partial charge on any atom is -0.383 e. The summed E-state index contributed by atoms with van der Waals surface area (Å²) in [7, 11) is 0. The van der Waals surface area contributed by atoms with E-state index in [0.29, 0.717) is 35.3 Å². The van der Waals surface area contributed by atoms with Gasteiger partial charge in [-0.2, -0.15) is 10.5 Å². The number of nitriles is 2. The fourth-order valence-corrected chi connectivity index (χ4v) is 3.05. The first-order valence-electron chi connectivity index (χ1n) is 7.24. The molecule has 0 spiro atoms. The molecule has 1 saturated heterocycles. The largest absolute Gasteiger partial charge is 0.383 e. The molecule has 4 nitrogen and oxygen atoms in total. The van der Waals surface area contributed by atoms with E-state index in [4.69, 9.17) is 0 Å². The van der Waals surface area contributed by atoms with Crippen LogP contribution in [0.25, 0.3) is 0 Å². The molecule has 0 saturated carbocycles. The first-order chi connectivity index (χ1) is 11.1. The summed E-state index contributed by atoms with van der Waals surface area (Å²) < 4.78 is 13.1. The van der Waals surface area contributed by atoms with Gasteiger partial charge in [-0.15, -0.1) is 0 Å². The van der Waals surface area contributed by atoms with Crippen molar-refractivity contribution in [1.29, 1.82) is 10.5 Å². The standard InChI is InChI=1S/C18H14FN3O/c19-16-6-4-15(5-7-16)18(23)8-9-22(12-18)17-13(10-20)2-1-3-14(17)11-21/h1-7,23H,8-9,12H2. The molecule has 1 aliphatic heterocycles. The van der Waals surface area contributed by atoms with Crippen molar-refractivity contribution in [1.82, 2.24) is 0 Å². The van der Waals surface area contributed by atoms with Crippen LogP contribution in [0, 0.1) is 28.5 Å². The van der Waals surface area contributed by atoms with E-state index in [1.54, 1.807) is 30.3 Å². The molecule has 114 valence electrons. The summed E-state index contributed by atoms with van der Waals surface area (Å²) in [6.07, 6.45) is 0.448. The lowest BCUT2D eigenvalue weighted by Gasteiger charge is -2.26. The summed E-state index contributed by atoms with van der Waals surface area (Å²) in [4.78, 5) is 1.85. The van der Waals surface area contributed by atoms with Gasteiger partial charge in [0.2, 0.25) is 0 Å². The minimum absolute atomic E-state index is 0.256. The van der Waals surface area contributed by atoms with Crippen LogP contribution in [-0.4, -0.2) is 18.2 Å². The van der Waals surface area contributed by atoms with Gasteiger partial charge in [-0.25, -0.2) is 4.39 Å². The maximum absolute atomic E-state index is 13.1. The van der Waals surface area contributed by atoms with Gasteiger partial charge >= 0.3 is 0 Å².